The quantitative estimate of drug-likeness (QED) is 0.921. The number of amides is 1. The van der Waals surface area contributed by atoms with Crippen molar-refractivity contribution < 1.29 is 4.79 Å². The van der Waals surface area contributed by atoms with Crippen molar-refractivity contribution in [2.75, 3.05) is 25.4 Å². The van der Waals surface area contributed by atoms with Crippen molar-refractivity contribution in [1.29, 1.82) is 0 Å². The Morgan fingerprint density at radius 1 is 1.30 bits per heavy atom. The minimum atomic E-state index is 0.366. The molecule has 6 heteroatoms. The maximum atomic E-state index is 12.0. The van der Waals surface area contributed by atoms with Gasteiger partial charge in [-0.2, -0.15) is 0 Å². The van der Waals surface area contributed by atoms with E-state index in [-0.39, 0.29) is 0 Å². The summed E-state index contributed by atoms with van der Waals surface area (Å²) < 4.78 is 0. The number of piperidine rings is 2. The van der Waals surface area contributed by atoms with Crippen LogP contribution in [0.25, 0.3) is 0 Å². The van der Waals surface area contributed by atoms with Crippen molar-refractivity contribution in [2.24, 2.45) is 0 Å². The van der Waals surface area contributed by atoms with E-state index in [4.69, 9.17) is 5.73 Å². The first-order valence-corrected chi connectivity index (χ1v) is 8.26. The Morgan fingerprint density at radius 3 is 2.75 bits per heavy atom. The fraction of sp³-hybridized carbons (Fsp3) is 0.714. The molecule has 0 bridgehead atoms. The first kappa shape index (κ1) is 13.8. The molecule has 0 unspecified atom stereocenters. The van der Waals surface area contributed by atoms with Crippen LogP contribution in [0.5, 0.6) is 0 Å². The first-order valence-electron chi connectivity index (χ1n) is 7.44. The summed E-state index contributed by atoms with van der Waals surface area (Å²) in [4.78, 5) is 21.9. The largest absolute Gasteiger partial charge is 0.375 e. The lowest BCUT2D eigenvalue weighted by molar-refractivity contribution is -0.136. The van der Waals surface area contributed by atoms with Crippen LogP contribution < -0.4 is 5.73 Å². The van der Waals surface area contributed by atoms with Gasteiger partial charge in [0.15, 0.2) is 5.13 Å². The monoisotopic (exact) mass is 294 g/mol. The summed E-state index contributed by atoms with van der Waals surface area (Å²) >= 11 is 1.57. The van der Waals surface area contributed by atoms with Crippen LogP contribution in [-0.2, 0) is 11.3 Å². The number of nitrogens with zero attached hydrogens (tertiary/aromatic N) is 3. The van der Waals surface area contributed by atoms with E-state index in [0.29, 0.717) is 17.1 Å². The zero-order valence-corrected chi connectivity index (χ0v) is 12.6. The third-order valence-electron chi connectivity index (χ3n) is 4.31. The van der Waals surface area contributed by atoms with Crippen molar-refractivity contribution >= 4 is 22.4 Å². The molecule has 3 rings (SSSR count). The first-order chi connectivity index (χ1) is 9.72. The number of nitrogens with two attached hydrogens (primary N) is 1. The van der Waals surface area contributed by atoms with Gasteiger partial charge in [0, 0.05) is 49.7 Å². The van der Waals surface area contributed by atoms with Crippen molar-refractivity contribution in [3.63, 3.8) is 0 Å². The molecule has 2 N–H and O–H groups in total. The van der Waals surface area contributed by atoms with E-state index >= 15 is 0 Å². The predicted octanol–water partition coefficient (Wildman–Crippen LogP) is 1.70. The lowest BCUT2D eigenvalue weighted by Crippen LogP contribution is -2.48. The number of hydrogen-bond acceptors (Lipinski definition) is 5. The van der Waals surface area contributed by atoms with Gasteiger partial charge in [0.2, 0.25) is 5.91 Å². The Morgan fingerprint density at radius 2 is 2.10 bits per heavy atom. The van der Waals surface area contributed by atoms with Crippen molar-refractivity contribution in [2.45, 2.75) is 44.7 Å². The van der Waals surface area contributed by atoms with Crippen LogP contribution in [0.4, 0.5) is 5.13 Å². The molecule has 2 saturated heterocycles. The summed E-state index contributed by atoms with van der Waals surface area (Å²) in [5, 5.41) is 0.647. The third kappa shape index (κ3) is 3.12. The number of aromatic nitrogens is 1. The van der Waals surface area contributed by atoms with E-state index in [1.54, 1.807) is 11.3 Å². The molecular weight excluding hydrogens is 272 g/mol. The standard InChI is InChI=1S/C14H22N4OS/c15-14-16-9-12(20-14)10-17-7-4-11(5-8-17)18-6-2-1-3-13(18)19/h9,11H,1-8,10H2,(H2,15,16). The van der Waals surface area contributed by atoms with Gasteiger partial charge in [0.25, 0.3) is 0 Å². The molecule has 3 heterocycles. The molecule has 1 aromatic heterocycles. The van der Waals surface area contributed by atoms with Crippen LogP contribution in [0.3, 0.4) is 0 Å². The van der Waals surface area contributed by atoms with Gasteiger partial charge in [-0.1, -0.05) is 0 Å². The number of nitrogen functional groups attached to an aromatic ring is 1. The number of likely N-dealkylation sites (tertiary alicyclic amines) is 2. The second kappa shape index (κ2) is 6.10. The van der Waals surface area contributed by atoms with Gasteiger partial charge in [0.1, 0.15) is 0 Å². The highest BCUT2D eigenvalue weighted by Gasteiger charge is 2.29. The normalized spacial score (nSPS) is 22.4. The lowest BCUT2D eigenvalue weighted by atomic mass is 9.99. The van der Waals surface area contributed by atoms with Gasteiger partial charge in [-0.15, -0.1) is 11.3 Å². The van der Waals surface area contributed by atoms with E-state index in [1.165, 1.54) is 11.3 Å². The Bertz CT molecular complexity index is 467. The number of thiazole rings is 1. The van der Waals surface area contributed by atoms with Gasteiger partial charge in [-0.3, -0.25) is 9.69 Å². The maximum absolute atomic E-state index is 12.0. The third-order valence-corrected chi connectivity index (χ3v) is 5.12. The van der Waals surface area contributed by atoms with Gasteiger partial charge in [-0.05, 0) is 25.7 Å². The van der Waals surface area contributed by atoms with E-state index in [1.807, 2.05) is 6.20 Å². The summed E-state index contributed by atoms with van der Waals surface area (Å²) in [6.07, 6.45) is 7.06. The molecule has 0 radical (unpaired) electrons. The molecule has 0 atom stereocenters. The van der Waals surface area contributed by atoms with Crippen LogP contribution in [0.2, 0.25) is 0 Å². The molecule has 2 aliphatic heterocycles. The highest BCUT2D eigenvalue weighted by Crippen LogP contribution is 2.24. The molecule has 5 nitrogen and oxygen atoms in total. The van der Waals surface area contributed by atoms with Crippen molar-refractivity contribution in [3.8, 4) is 0 Å². The SMILES string of the molecule is Nc1ncc(CN2CCC(N3CCCCC3=O)CC2)s1. The fourth-order valence-electron chi connectivity index (χ4n) is 3.22. The van der Waals surface area contributed by atoms with Crippen LogP contribution in [0, 0.1) is 0 Å². The molecule has 2 fully saturated rings. The van der Waals surface area contributed by atoms with Crippen LogP contribution in [-0.4, -0.2) is 46.4 Å². The molecule has 110 valence electrons. The summed E-state index contributed by atoms with van der Waals surface area (Å²) in [7, 11) is 0. The van der Waals surface area contributed by atoms with E-state index in [9.17, 15) is 4.79 Å². The van der Waals surface area contributed by atoms with Gasteiger partial charge in [-0.25, -0.2) is 4.98 Å². The highest BCUT2D eigenvalue weighted by atomic mass is 32.1. The van der Waals surface area contributed by atoms with Gasteiger partial charge < -0.3 is 10.6 Å². The van der Waals surface area contributed by atoms with Crippen LogP contribution in [0.15, 0.2) is 6.20 Å². The minimum Gasteiger partial charge on any atom is -0.375 e. The molecule has 0 spiro atoms. The summed E-state index contributed by atoms with van der Waals surface area (Å²) in [6.45, 7) is 4.03. The second-order valence-corrected chi connectivity index (χ2v) is 6.86. The zero-order chi connectivity index (χ0) is 13.9. The summed E-state index contributed by atoms with van der Waals surface area (Å²) in [5.41, 5.74) is 5.66. The van der Waals surface area contributed by atoms with E-state index in [0.717, 1.165) is 51.9 Å². The molecule has 1 aromatic rings. The maximum Gasteiger partial charge on any atom is 0.222 e. The number of carbonyl (C=O) groups is 1. The topological polar surface area (TPSA) is 62.5 Å². The average molecular weight is 294 g/mol. The van der Waals surface area contributed by atoms with Crippen molar-refractivity contribution in [3.05, 3.63) is 11.1 Å². The van der Waals surface area contributed by atoms with Crippen molar-refractivity contribution in [1.82, 2.24) is 14.8 Å². The smallest absolute Gasteiger partial charge is 0.222 e. The average Bonchev–Trinajstić information content (AvgIpc) is 2.86. The number of carbonyl (C=O) groups excluding carboxylic acids is 1. The van der Waals surface area contributed by atoms with Crippen LogP contribution in [0.1, 0.15) is 37.0 Å². The molecule has 1 amide bonds. The van der Waals surface area contributed by atoms with Gasteiger partial charge >= 0.3 is 0 Å². The minimum absolute atomic E-state index is 0.366. The molecule has 20 heavy (non-hydrogen) atoms. The number of rotatable bonds is 3. The molecule has 2 aliphatic rings. The Hall–Kier alpha value is -1.14. The van der Waals surface area contributed by atoms with Gasteiger partial charge in [0.05, 0.1) is 0 Å². The highest BCUT2D eigenvalue weighted by molar-refractivity contribution is 7.15. The molecule has 0 aromatic carbocycles. The molecule has 0 aliphatic carbocycles. The molecular formula is C14H22N4OS. The van der Waals surface area contributed by atoms with E-state index in [2.05, 4.69) is 14.8 Å². The van der Waals surface area contributed by atoms with Crippen LogP contribution >= 0.6 is 11.3 Å². The summed E-state index contributed by atoms with van der Waals surface area (Å²) in [6, 6.07) is 0.464. The Labute approximate surface area is 123 Å². The second-order valence-electron chi connectivity index (χ2n) is 5.72. The summed E-state index contributed by atoms with van der Waals surface area (Å²) in [5.74, 6) is 0.366. The molecule has 0 saturated carbocycles. The Balaban J connectivity index is 1.50. The number of anilines is 1. The fourth-order valence-corrected chi connectivity index (χ4v) is 3.94. The van der Waals surface area contributed by atoms with E-state index < -0.39 is 0 Å². The predicted molar refractivity (Wildman–Crippen MR) is 80.4 cm³/mol. The zero-order valence-electron chi connectivity index (χ0n) is 11.8. The Kier molecular flexibility index (Phi) is 4.21. The number of hydrogen-bond donors (Lipinski definition) is 1. The lowest BCUT2D eigenvalue weighted by Gasteiger charge is -2.40.